The average Bonchev–Trinajstić information content (AvgIpc) is 2.95. The number of carbonyl (C=O) groups is 2. The highest BCUT2D eigenvalue weighted by atomic mass is 16.3. The molecule has 2 amide bonds. The molecule has 1 saturated carbocycles. The van der Waals surface area contributed by atoms with Gasteiger partial charge in [0.2, 0.25) is 0 Å². The molecule has 0 radical (unpaired) electrons. The van der Waals surface area contributed by atoms with Crippen molar-refractivity contribution in [2.24, 2.45) is 28.8 Å². The summed E-state index contributed by atoms with van der Waals surface area (Å²) in [5.41, 5.74) is 0.514. The average molecular weight is 346 g/mol. The van der Waals surface area contributed by atoms with E-state index in [-0.39, 0.29) is 41.2 Å². The molecule has 5 nitrogen and oxygen atoms in total. The molecule has 2 aromatic rings. The molecule has 0 spiro atoms. The van der Waals surface area contributed by atoms with Crippen LogP contribution in [0.4, 0.5) is 0 Å². The van der Waals surface area contributed by atoms with Crippen molar-refractivity contribution in [3.63, 3.8) is 0 Å². The lowest BCUT2D eigenvalue weighted by molar-refractivity contribution is -0.140. The van der Waals surface area contributed by atoms with Crippen molar-refractivity contribution in [2.75, 3.05) is 0 Å². The molecule has 5 heteroatoms. The Balaban J connectivity index is 1.52. The molecular weight excluding hydrogens is 328 g/mol. The summed E-state index contributed by atoms with van der Waals surface area (Å²) in [6.07, 6.45) is 7.53. The van der Waals surface area contributed by atoms with Crippen LogP contribution in [0.1, 0.15) is 18.4 Å². The molecule has 2 fully saturated rings. The minimum Gasteiger partial charge on any atom is -0.507 e. The van der Waals surface area contributed by atoms with Gasteiger partial charge in [-0.05, 0) is 41.5 Å². The molecule has 6 rings (SSSR count). The van der Waals surface area contributed by atoms with E-state index in [1.54, 1.807) is 6.07 Å². The number of hydrogen-bond acceptors (Lipinski definition) is 4. The first-order chi connectivity index (χ1) is 12.6. The van der Waals surface area contributed by atoms with Crippen LogP contribution in [-0.4, -0.2) is 28.1 Å². The van der Waals surface area contributed by atoms with Crippen LogP contribution in [0, 0.1) is 23.7 Å². The number of imide groups is 1. The van der Waals surface area contributed by atoms with Gasteiger partial charge < -0.3 is 5.11 Å². The summed E-state index contributed by atoms with van der Waals surface area (Å²) >= 11 is 0. The maximum atomic E-state index is 12.8. The molecule has 4 atom stereocenters. The lowest BCUT2D eigenvalue weighted by atomic mass is 9.63. The molecule has 130 valence electrons. The zero-order valence-corrected chi connectivity index (χ0v) is 14.1. The molecule has 0 unspecified atom stereocenters. The van der Waals surface area contributed by atoms with Crippen LogP contribution < -0.4 is 0 Å². The summed E-state index contributed by atoms with van der Waals surface area (Å²) in [7, 11) is 0. The molecule has 0 aromatic heterocycles. The molecular formula is C21H18N2O3. The molecule has 1 N–H and O–H groups in total. The molecule has 26 heavy (non-hydrogen) atoms. The van der Waals surface area contributed by atoms with E-state index >= 15 is 0 Å². The Bertz CT molecular complexity index is 962. The van der Waals surface area contributed by atoms with Crippen molar-refractivity contribution in [3.8, 4) is 5.75 Å². The second-order valence-electron chi connectivity index (χ2n) is 7.29. The number of phenols is 1. The van der Waals surface area contributed by atoms with Gasteiger partial charge >= 0.3 is 0 Å². The topological polar surface area (TPSA) is 70.0 Å². The second-order valence-corrected chi connectivity index (χ2v) is 7.29. The van der Waals surface area contributed by atoms with Crippen molar-refractivity contribution in [2.45, 2.75) is 12.8 Å². The van der Waals surface area contributed by atoms with E-state index in [0.29, 0.717) is 5.56 Å². The first kappa shape index (κ1) is 15.3. The Morgan fingerprint density at radius 3 is 2.27 bits per heavy atom. The second kappa shape index (κ2) is 5.53. The Morgan fingerprint density at radius 1 is 0.962 bits per heavy atom. The quantitative estimate of drug-likeness (QED) is 0.516. The van der Waals surface area contributed by atoms with Gasteiger partial charge in [-0.15, -0.1) is 0 Å². The minimum absolute atomic E-state index is 0.0747. The zero-order chi connectivity index (χ0) is 17.8. The van der Waals surface area contributed by atoms with Crippen molar-refractivity contribution in [3.05, 3.63) is 54.1 Å². The number of phenolic OH excluding ortho intramolecular Hbond substituents is 1. The third-order valence-electron chi connectivity index (χ3n) is 5.99. The number of benzene rings is 2. The monoisotopic (exact) mass is 346 g/mol. The van der Waals surface area contributed by atoms with Gasteiger partial charge in [0, 0.05) is 5.56 Å². The highest BCUT2D eigenvalue weighted by Crippen LogP contribution is 2.49. The fourth-order valence-corrected chi connectivity index (χ4v) is 4.71. The van der Waals surface area contributed by atoms with Crippen LogP contribution in [0.15, 0.2) is 53.7 Å². The lowest BCUT2D eigenvalue weighted by Crippen LogP contribution is -2.38. The Hall–Kier alpha value is -2.95. The fraction of sp³-hybridized carbons (Fsp3) is 0.286. The van der Waals surface area contributed by atoms with E-state index in [1.165, 1.54) is 6.21 Å². The molecule has 2 bridgehead atoms. The maximum absolute atomic E-state index is 12.8. The van der Waals surface area contributed by atoms with Gasteiger partial charge in [-0.3, -0.25) is 9.59 Å². The van der Waals surface area contributed by atoms with E-state index in [4.69, 9.17) is 0 Å². The fourth-order valence-electron chi connectivity index (χ4n) is 4.71. The normalized spacial score (nSPS) is 29.9. The van der Waals surface area contributed by atoms with Crippen molar-refractivity contribution < 1.29 is 14.7 Å². The van der Waals surface area contributed by atoms with Gasteiger partial charge in [0.1, 0.15) is 5.75 Å². The SMILES string of the molecule is O=C1[C@@H]2[C@H](C(=O)N1/N=C/c1c(O)ccc3ccccc13)[C@H]1C=C[C@H]2CC1. The Morgan fingerprint density at radius 2 is 1.62 bits per heavy atom. The van der Waals surface area contributed by atoms with E-state index < -0.39 is 0 Å². The minimum atomic E-state index is -0.274. The summed E-state index contributed by atoms with van der Waals surface area (Å²) in [5, 5.41) is 17.2. The number of amides is 2. The molecule has 1 saturated heterocycles. The molecule has 3 aliphatic carbocycles. The van der Waals surface area contributed by atoms with E-state index in [0.717, 1.165) is 28.6 Å². The van der Waals surface area contributed by atoms with Crippen molar-refractivity contribution in [1.29, 1.82) is 0 Å². The van der Waals surface area contributed by atoms with Crippen LogP contribution >= 0.6 is 0 Å². The number of carbonyl (C=O) groups excluding carboxylic acids is 2. The van der Waals surface area contributed by atoms with Crippen LogP contribution in [0.5, 0.6) is 5.75 Å². The number of allylic oxidation sites excluding steroid dienone is 2. The molecule has 2 aromatic carbocycles. The van der Waals surface area contributed by atoms with Gasteiger partial charge in [0.15, 0.2) is 0 Å². The van der Waals surface area contributed by atoms with Crippen molar-refractivity contribution in [1.82, 2.24) is 5.01 Å². The Kier molecular flexibility index (Phi) is 3.26. The third-order valence-corrected chi connectivity index (χ3v) is 5.99. The molecule has 1 heterocycles. The van der Waals surface area contributed by atoms with Crippen LogP contribution in [0.3, 0.4) is 0 Å². The zero-order valence-electron chi connectivity index (χ0n) is 14.1. The highest BCUT2D eigenvalue weighted by Gasteiger charge is 2.56. The van der Waals surface area contributed by atoms with Gasteiger partial charge in [-0.25, -0.2) is 0 Å². The smallest absolute Gasteiger partial charge is 0.254 e. The van der Waals surface area contributed by atoms with Gasteiger partial charge in [0.25, 0.3) is 11.8 Å². The van der Waals surface area contributed by atoms with E-state index in [1.807, 2.05) is 30.3 Å². The summed E-state index contributed by atoms with van der Waals surface area (Å²) in [6.45, 7) is 0. The first-order valence-corrected chi connectivity index (χ1v) is 8.96. The Labute approximate surface area is 150 Å². The predicted octanol–water partition coefficient (Wildman–Crippen LogP) is 3.08. The molecule has 1 aliphatic heterocycles. The standard InChI is InChI=1S/C21H18N2O3/c24-17-10-9-12-3-1-2-4-15(12)16(17)11-22-23-20(25)18-13-5-6-14(8-7-13)19(18)21(23)26/h1-6,9-11,13-14,18-19,24H,7-8H2/b22-11+/t13-,14-,18-,19+/m0/s1. The lowest BCUT2D eigenvalue weighted by Gasteiger charge is -2.37. The number of rotatable bonds is 2. The maximum Gasteiger partial charge on any atom is 0.254 e. The summed E-state index contributed by atoms with van der Waals surface area (Å²) in [5.74, 6) is -0.606. The van der Waals surface area contributed by atoms with Gasteiger partial charge in [-0.2, -0.15) is 10.1 Å². The molecule has 4 aliphatic rings. The van der Waals surface area contributed by atoms with Crippen LogP contribution in [0.25, 0.3) is 10.8 Å². The van der Waals surface area contributed by atoms with Crippen LogP contribution in [0.2, 0.25) is 0 Å². The highest BCUT2D eigenvalue weighted by molar-refractivity contribution is 6.08. The largest absolute Gasteiger partial charge is 0.507 e. The summed E-state index contributed by atoms with van der Waals surface area (Å²) in [4.78, 5) is 25.6. The van der Waals surface area contributed by atoms with Crippen LogP contribution in [-0.2, 0) is 9.59 Å². The van der Waals surface area contributed by atoms with Gasteiger partial charge in [0.05, 0.1) is 18.1 Å². The van der Waals surface area contributed by atoms with E-state index in [2.05, 4.69) is 17.3 Å². The summed E-state index contributed by atoms with van der Waals surface area (Å²) < 4.78 is 0. The number of fused-ring (bicyclic) bond motifs is 2. The number of nitrogens with zero attached hydrogens (tertiary/aromatic N) is 2. The first-order valence-electron chi connectivity index (χ1n) is 8.96. The predicted molar refractivity (Wildman–Crippen MR) is 97.4 cm³/mol. The number of hydrazone groups is 1. The van der Waals surface area contributed by atoms with E-state index in [9.17, 15) is 14.7 Å². The number of hydrogen-bond donors (Lipinski definition) is 1. The third kappa shape index (κ3) is 2.06. The van der Waals surface area contributed by atoms with Gasteiger partial charge in [-0.1, -0.05) is 42.5 Å². The van der Waals surface area contributed by atoms with Crippen molar-refractivity contribution >= 4 is 28.8 Å². The number of aromatic hydroxyl groups is 1. The summed E-state index contributed by atoms with van der Waals surface area (Å²) in [6, 6.07) is 11.0.